The molecule has 0 spiro atoms. The minimum Gasteiger partial charge on any atom is -0.396 e. The van der Waals surface area contributed by atoms with Crippen LogP contribution in [-0.2, 0) is 4.74 Å². The maximum absolute atomic E-state index is 8.73. The van der Waals surface area contributed by atoms with Crippen LogP contribution in [0.25, 0.3) is 0 Å². The normalized spacial score (nSPS) is 17.1. The molecule has 2 rings (SSSR count). The summed E-state index contributed by atoms with van der Waals surface area (Å²) in [7, 11) is 0. The number of aliphatic hydroxyl groups excluding tert-OH is 1. The number of rotatable bonds is 4. The molecule has 0 radical (unpaired) electrons. The highest BCUT2D eigenvalue weighted by Gasteiger charge is 2.21. The maximum atomic E-state index is 8.73. The lowest BCUT2D eigenvalue weighted by atomic mass is 10.1. The Morgan fingerprint density at radius 3 is 2.83 bits per heavy atom. The number of nitrogens with two attached hydrogens (primary N) is 1. The largest absolute Gasteiger partial charge is 0.396 e. The van der Waals surface area contributed by atoms with Crippen LogP contribution in [0.5, 0.6) is 0 Å². The van der Waals surface area contributed by atoms with E-state index in [0.29, 0.717) is 6.61 Å². The van der Waals surface area contributed by atoms with Gasteiger partial charge in [0.25, 0.3) is 0 Å². The molecule has 1 saturated heterocycles. The summed E-state index contributed by atoms with van der Waals surface area (Å²) in [6.07, 6.45) is 4.00. The van der Waals surface area contributed by atoms with Gasteiger partial charge in [-0.1, -0.05) is 0 Å². The third-order valence-corrected chi connectivity index (χ3v) is 3.22. The molecule has 18 heavy (non-hydrogen) atoms. The predicted molar refractivity (Wildman–Crippen MR) is 71.7 cm³/mol. The fourth-order valence-corrected chi connectivity index (χ4v) is 2.30. The second kappa shape index (κ2) is 6.02. The van der Waals surface area contributed by atoms with E-state index in [9.17, 15) is 0 Å². The maximum Gasteiger partial charge on any atom is 0.151 e. The van der Waals surface area contributed by atoms with Gasteiger partial charge in [-0.05, 0) is 31.4 Å². The average Bonchev–Trinajstić information content (AvgIpc) is 2.37. The summed E-state index contributed by atoms with van der Waals surface area (Å²) in [5.74, 6) is 0.876. The van der Waals surface area contributed by atoms with Gasteiger partial charge in [-0.25, -0.2) is 4.98 Å². The third kappa shape index (κ3) is 3.11. The zero-order valence-corrected chi connectivity index (χ0v) is 10.8. The Morgan fingerprint density at radius 2 is 2.22 bits per heavy atom. The number of aliphatic hydroxyl groups is 1. The van der Waals surface area contributed by atoms with Crippen molar-refractivity contribution in [1.82, 2.24) is 4.98 Å². The molecule has 0 aliphatic carbocycles. The Labute approximate surface area is 108 Å². The highest BCUT2D eigenvalue weighted by molar-refractivity contribution is 5.63. The molecule has 100 valence electrons. The molecule has 0 saturated carbocycles. The fraction of sp³-hybridized carbons (Fsp3) is 0.615. The summed E-state index contributed by atoms with van der Waals surface area (Å²) in [5.41, 5.74) is 7.82. The van der Waals surface area contributed by atoms with Crippen molar-refractivity contribution >= 4 is 11.5 Å². The molecule has 0 unspecified atom stereocenters. The average molecular weight is 251 g/mol. The van der Waals surface area contributed by atoms with Crippen molar-refractivity contribution in [2.45, 2.75) is 25.9 Å². The molecule has 1 aliphatic heterocycles. The molecule has 0 amide bonds. The number of aryl methyl sites for hydroxylation is 1. The number of pyridine rings is 1. The first-order chi connectivity index (χ1) is 8.70. The van der Waals surface area contributed by atoms with Crippen molar-refractivity contribution in [3.63, 3.8) is 0 Å². The van der Waals surface area contributed by atoms with Crippen LogP contribution in [0.4, 0.5) is 11.5 Å². The Kier molecular flexibility index (Phi) is 4.38. The van der Waals surface area contributed by atoms with Gasteiger partial charge in [0.1, 0.15) is 0 Å². The van der Waals surface area contributed by atoms with E-state index in [0.717, 1.165) is 43.0 Å². The summed E-state index contributed by atoms with van der Waals surface area (Å²) in [6.45, 7) is 4.30. The van der Waals surface area contributed by atoms with E-state index in [1.54, 1.807) is 0 Å². The highest BCUT2D eigenvalue weighted by atomic mass is 16.5. The van der Waals surface area contributed by atoms with Crippen LogP contribution in [0.2, 0.25) is 0 Å². The monoisotopic (exact) mass is 251 g/mol. The first-order valence-corrected chi connectivity index (χ1v) is 6.40. The summed E-state index contributed by atoms with van der Waals surface area (Å²) in [5, 5.41) is 8.73. The molecule has 2 heterocycles. The lowest BCUT2D eigenvalue weighted by Gasteiger charge is -2.33. The molecule has 0 atom stereocenters. The van der Waals surface area contributed by atoms with Gasteiger partial charge in [0, 0.05) is 19.3 Å². The minimum atomic E-state index is 0.0900. The van der Waals surface area contributed by atoms with Crippen molar-refractivity contribution in [3.8, 4) is 0 Å². The van der Waals surface area contributed by atoms with Crippen LogP contribution in [0.1, 0.15) is 18.4 Å². The van der Waals surface area contributed by atoms with E-state index in [-0.39, 0.29) is 12.7 Å². The van der Waals surface area contributed by atoms with Gasteiger partial charge < -0.3 is 20.5 Å². The Bertz CT molecular complexity index is 390. The van der Waals surface area contributed by atoms with Crippen molar-refractivity contribution in [2.75, 3.05) is 36.9 Å². The minimum absolute atomic E-state index is 0.0900. The predicted octanol–water partition coefficient (Wildman–Crippen LogP) is 0.950. The van der Waals surface area contributed by atoms with Crippen molar-refractivity contribution < 1.29 is 9.84 Å². The van der Waals surface area contributed by atoms with Crippen LogP contribution in [0, 0.1) is 6.92 Å². The number of aromatic nitrogens is 1. The van der Waals surface area contributed by atoms with E-state index in [1.165, 1.54) is 0 Å². The molecule has 1 aromatic rings. The van der Waals surface area contributed by atoms with Crippen molar-refractivity contribution in [1.29, 1.82) is 0 Å². The number of piperidine rings is 1. The van der Waals surface area contributed by atoms with Gasteiger partial charge in [0.05, 0.1) is 25.0 Å². The van der Waals surface area contributed by atoms with E-state index in [4.69, 9.17) is 15.6 Å². The van der Waals surface area contributed by atoms with Crippen molar-refractivity contribution in [3.05, 3.63) is 17.8 Å². The van der Waals surface area contributed by atoms with Crippen LogP contribution < -0.4 is 10.6 Å². The molecule has 0 aromatic carbocycles. The Hall–Kier alpha value is -1.33. The standard InChI is InChI=1S/C13H21N3O2/c1-10-8-12(14)13(15-9-10)16-4-2-11(3-5-16)18-7-6-17/h8-9,11,17H,2-7,14H2,1H3. The number of hydrogen-bond donors (Lipinski definition) is 2. The van der Waals surface area contributed by atoms with Gasteiger partial charge >= 0.3 is 0 Å². The first kappa shape index (κ1) is 13.1. The summed E-state index contributed by atoms with van der Waals surface area (Å²) < 4.78 is 5.54. The molecule has 5 heteroatoms. The molecule has 3 N–H and O–H groups in total. The van der Waals surface area contributed by atoms with E-state index >= 15 is 0 Å². The number of nitrogens with zero attached hydrogens (tertiary/aromatic N) is 2. The van der Waals surface area contributed by atoms with E-state index in [1.807, 2.05) is 19.2 Å². The number of hydrogen-bond acceptors (Lipinski definition) is 5. The quantitative estimate of drug-likeness (QED) is 0.833. The number of ether oxygens (including phenoxy) is 1. The zero-order valence-electron chi connectivity index (χ0n) is 10.8. The molecular formula is C13H21N3O2. The second-order valence-corrected chi connectivity index (χ2v) is 4.71. The van der Waals surface area contributed by atoms with Crippen molar-refractivity contribution in [2.24, 2.45) is 0 Å². The lowest BCUT2D eigenvalue weighted by Crippen LogP contribution is -2.38. The number of anilines is 2. The molecule has 0 bridgehead atoms. The van der Waals surface area contributed by atoms with Crippen LogP contribution in [-0.4, -0.2) is 42.5 Å². The van der Waals surface area contributed by atoms with Crippen LogP contribution >= 0.6 is 0 Å². The Morgan fingerprint density at radius 1 is 1.50 bits per heavy atom. The molecule has 1 fully saturated rings. The van der Waals surface area contributed by atoms with Gasteiger partial charge in [0.2, 0.25) is 0 Å². The topological polar surface area (TPSA) is 71.6 Å². The summed E-state index contributed by atoms with van der Waals surface area (Å²) in [6, 6.07) is 1.96. The number of nitrogen functional groups attached to an aromatic ring is 1. The fourth-order valence-electron chi connectivity index (χ4n) is 2.30. The second-order valence-electron chi connectivity index (χ2n) is 4.71. The SMILES string of the molecule is Cc1cnc(N2CCC(OCCO)CC2)c(N)c1. The first-order valence-electron chi connectivity index (χ1n) is 6.40. The molecular weight excluding hydrogens is 230 g/mol. The smallest absolute Gasteiger partial charge is 0.151 e. The van der Waals surface area contributed by atoms with E-state index < -0.39 is 0 Å². The lowest BCUT2D eigenvalue weighted by molar-refractivity contribution is 0.0158. The molecule has 1 aromatic heterocycles. The molecule has 1 aliphatic rings. The van der Waals surface area contributed by atoms with E-state index in [2.05, 4.69) is 9.88 Å². The van der Waals surface area contributed by atoms with Gasteiger partial charge in [-0.3, -0.25) is 0 Å². The van der Waals surface area contributed by atoms with Gasteiger partial charge in [-0.15, -0.1) is 0 Å². The van der Waals surface area contributed by atoms with Crippen LogP contribution in [0.3, 0.4) is 0 Å². The van der Waals surface area contributed by atoms with Crippen LogP contribution in [0.15, 0.2) is 12.3 Å². The van der Waals surface area contributed by atoms with Gasteiger partial charge in [-0.2, -0.15) is 0 Å². The molecule has 5 nitrogen and oxygen atoms in total. The zero-order chi connectivity index (χ0) is 13.0. The highest BCUT2D eigenvalue weighted by Crippen LogP contribution is 2.25. The summed E-state index contributed by atoms with van der Waals surface area (Å²) in [4.78, 5) is 6.61. The third-order valence-electron chi connectivity index (χ3n) is 3.22. The van der Waals surface area contributed by atoms with Gasteiger partial charge in [0.15, 0.2) is 5.82 Å². The summed E-state index contributed by atoms with van der Waals surface area (Å²) >= 11 is 0. The Balaban J connectivity index is 1.93.